The Balaban J connectivity index is 2.88. The molecule has 0 aromatic carbocycles. The first-order valence-electron chi connectivity index (χ1n) is 5.17. The van der Waals surface area contributed by atoms with Crippen molar-refractivity contribution in [3.8, 4) is 0 Å². The second-order valence-electron chi connectivity index (χ2n) is 4.50. The summed E-state index contributed by atoms with van der Waals surface area (Å²) in [7, 11) is 27.6. The van der Waals surface area contributed by atoms with E-state index >= 15 is 0 Å². The van der Waals surface area contributed by atoms with E-state index in [0.29, 0.717) is 18.2 Å². The van der Waals surface area contributed by atoms with Crippen LogP contribution in [0.5, 0.6) is 0 Å². The van der Waals surface area contributed by atoms with Crippen LogP contribution in [0.25, 0.3) is 0 Å². The molecule has 6 heteroatoms. The molecule has 0 aromatic rings. The average Bonchev–Trinajstić information content (AvgIpc) is 2.16. The van der Waals surface area contributed by atoms with Gasteiger partial charge in [-0.25, -0.2) is 0 Å². The molecule has 10 radical (unpaired) electrons. The second kappa shape index (κ2) is 4.56. The van der Waals surface area contributed by atoms with E-state index in [1.54, 1.807) is 6.08 Å². The minimum Gasteiger partial charge on any atom is -0.388 e. The first kappa shape index (κ1) is 13.8. The molecule has 0 fully saturated rings. The third-order valence-electron chi connectivity index (χ3n) is 3.20. The molecule has 0 saturated heterocycles. The van der Waals surface area contributed by atoms with Gasteiger partial charge in [-0.3, -0.25) is 0 Å². The smallest absolute Gasteiger partial charge is 0.0922 e. The molecule has 16 heavy (non-hydrogen) atoms. The van der Waals surface area contributed by atoms with Gasteiger partial charge in [0.05, 0.1) is 44.8 Å². The van der Waals surface area contributed by atoms with Gasteiger partial charge in [0.15, 0.2) is 0 Å². The molecular formula is C10H11B5O. The molecule has 0 aromatic heterocycles. The van der Waals surface area contributed by atoms with Crippen LogP contribution in [0.1, 0.15) is 19.8 Å². The van der Waals surface area contributed by atoms with Crippen molar-refractivity contribution < 1.29 is 5.11 Å². The van der Waals surface area contributed by atoms with Gasteiger partial charge in [0, 0.05) is 0 Å². The minimum atomic E-state index is -1.64. The van der Waals surface area contributed by atoms with Gasteiger partial charge >= 0.3 is 0 Å². The van der Waals surface area contributed by atoms with Gasteiger partial charge in [-0.1, -0.05) is 22.8 Å². The highest BCUT2D eigenvalue weighted by atomic mass is 16.3. The Morgan fingerprint density at radius 1 is 1.38 bits per heavy atom. The first-order chi connectivity index (χ1) is 7.17. The van der Waals surface area contributed by atoms with E-state index in [1.807, 2.05) is 6.92 Å². The highest BCUT2D eigenvalue weighted by molar-refractivity contribution is 6.60. The normalized spacial score (nSPS) is 30.0. The standard InChI is InChI=1S/C10H11B5O/c1-6(8(11)12)7-2-4-9(16,5-3-7)10(13,14)15/h2,4,7,16H,3,5H2,1H3. The SMILES string of the molecule is [B]C([B])=C(C)C1C=CC(O)(C([B])([B])[B])CC1. The van der Waals surface area contributed by atoms with Gasteiger partial charge < -0.3 is 5.11 Å². The van der Waals surface area contributed by atoms with Gasteiger partial charge in [0.2, 0.25) is 0 Å². The maximum atomic E-state index is 10.1. The van der Waals surface area contributed by atoms with Crippen LogP contribution in [0.2, 0.25) is 5.11 Å². The summed E-state index contributed by atoms with van der Waals surface area (Å²) in [4.78, 5) is 0. The van der Waals surface area contributed by atoms with Gasteiger partial charge in [-0.05, 0) is 25.7 Å². The van der Waals surface area contributed by atoms with E-state index in [9.17, 15) is 5.11 Å². The highest BCUT2D eigenvalue weighted by Crippen LogP contribution is 2.40. The molecule has 0 spiro atoms. The van der Waals surface area contributed by atoms with Crippen molar-refractivity contribution in [2.24, 2.45) is 5.92 Å². The van der Waals surface area contributed by atoms with Crippen molar-refractivity contribution in [2.45, 2.75) is 30.5 Å². The predicted molar refractivity (Wildman–Crippen MR) is 71.0 cm³/mol. The fraction of sp³-hybridized carbons (Fsp3) is 0.600. The number of hydrogen-bond donors (Lipinski definition) is 1. The first-order valence-corrected chi connectivity index (χ1v) is 5.17. The summed E-state index contributed by atoms with van der Waals surface area (Å²) in [5.41, 5.74) is -0.498. The van der Waals surface area contributed by atoms with Crippen molar-refractivity contribution in [1.82, 2.24) is 0 Å². The largest absolute Gasteiger partial charge is 0.388 e. The molecule has 0 bridgehead atoms. The van der Waals surface area contributed by atoms with E-state index in [0.717, 1.165) is 5.57 Å². The molecule has 1 rings (SSSR count). The van der Waals surface area contributed by atoms with Crippen LogP contribution >= 0.6 is 0 Å². The summed E-state index contributed by atoms with van der Waals surface area (Å²) < 4.78 is 0. The molecular weight excluding hydrogens is 190 g/mol. The maximum Gasteiger partial charge on any atom is 0.0922 e. The van der Waals surface area contributed by atoms with Crippen molar-refractivity contribution in [3.63, 3.8) is 0 Å². The van der Waals surface area contributed by atoms with Gasteiger partial charge in [0.25, 0.3) is 0 Å². The molecule has 2 unspecified atom stereocenters. The number of aliphatic hydroxyl groups is 1. The zero-order valence-corrected chi connectivity index (χ0v) is 9.48. The summed E-state index contributed by atoms with van der Waals surface area (Å²) in [6.07, 6.45) is 4.36. The van der Waals surface area contributed by atoms with Crippen LogP contribution in [-0.4, -0.2) is 49.9 Å². The summed E-state index contributed by atoms with van der Waals surface area (Å²) in [6, 6.07) is 0. The zero-order chi connectivity index (χ0) is 12.6. The van der Waals surface area contributed by atoms with Crippen LogP contribution in [0.3, 0.4) is 0 Å². The molecule has 2 atom stereocenters. The van der Waals surface area contributed by atoms with Crippen LogP contribution in [-0.2, 0) is 0 Å². The predicted octanol–water partition coefficient (Wildman–Crippen LogP) is -0.169. The lowest BCUT2D eigenvalue weighted by Gasteiger charge is -2.43. The zero-order valence-electron chi connectivity index (χ0n) is 9.48. The van der Waals surface area contributed by atoms with Gasteiger partial charge in [-0.2, -0.15) is 5.37 Å². The van der Waals surface area contributed by atoms with Crippen LogP contribution in [0.4, 0.5) is 0 Å². The molecule has 72 valence electrons. The van der Waals surface area contributed by atoms with Crippen LogP contribution in [0.15, 0.2) is 23.1 Å². The summed E-state index contributed by atoms with van der Waals surface area (Å²) in [5.74, 6) is 0.104. The maximum absolute atomic E-state index is 10.1. The molecule has 1 aliphatic carbocycles. The van der Waals surface area contributed by atoms with Crippen molar-refractivity contribution in [3.05, 3.63) is 23.1 Å². The van der Waals surface area contributed by atoms with E-state index in [-0.39, 0.29) is 5.92 Å². The van der Waals surface area contributed by atoms with Crippen molar-refractivity contribution in [1.29, 1.82) is 0 Å². The molecule has 1 aliphatic rings. The summed E-state index contributed by atoms with van der Waals surface area (Å²) in [5, 5.41) is 8.77. The Bertz CT molecular complexity index is 327. The Kier molecular flexibility index (Phi) is 3.94. The molecule has 0 saturated carbocycles. The number of rotatable bonds is 2. The van der Waals surface area contributed by atoms with Crippen LogP contribution in [0, 0.1) is 5.92 Å². The van der Waals surface area contributed by atoms with Gasteiger partial charge in [-0.15, -0.1) is 0 Å². The number of allylic oxidation sites excluding steroid dienone is 2. The summed E-state index contributed by atoms with van der Waals surface area (Å²) >= 11 is 0. The van der Waals surface area contributed by atoms with Crippen molar-refractivity contribution >= 4 is 39.2 Å². The molecule has 1 nitrogen and oxygen atoms in total. The quantitative estimate of drug-likeness (QED) is 0.486. The van der Waals surface area contributed by atoms with Gasteiger partial charge in [0.1, 0.15) is 0 Å². The number of hydrogen-bond acceptors (Lipinski definition) is 1. The van der Waals surface area contributed by atoms with E-state index in [2.05, 4.69) is 0 Å². The summed E-state index contributed by atoms with van der Waals surface area (Å²) in [6.45, 7) is 1.86. The van der Waals surface area contributed by atoms with Crippen molar-refractivity contribution in [2.75, 3.05) is 0 Å². The molecule has 0 amide bonds. The molecule has 1 N–H and O–H groups in total. The Hall–Kier alpha value is -0.235. The Morgan fingerprint density at radius 2 is 1.94 bits per heavy atom. The fourth-order valence-electron chi connectivity index (χ4n) is 1.77. The monoisotopic (exact) mass is 202 g/mol. The van der Waals surface area contributed by atoms with E-state index in [1.165, 1.54) is 6.08 Å². The molecule has 0 aliphatic heterocycles. The second-order valence-corrected chi connectivity index (χ2v) is 4.50. The Labute approximate surface area is 104 Å². The Morgan fingerprint density at radius 3 is 2.25 bits per heavy atom. The van der Waals surface area contributed by atoms with Crippen LogP contribution < -0.4 is 0 Å². The topological polar surface area (TPSA) is 20.2 Å². The van der Waals surface area contributed by atoms with E-state index < -0.39 is 10.7 Å². The lowest BCUT2D eigenvalue weighted by atomic mass is 9.35. The lowest BCUT2D eigenvalue weighted by molar-refractivity contribution is 0.0715. The average molecular weight is 201 g/mol. The third-order valence-corrected chi connectivity index (χ3v) is 3.20. The fourth-order valence-corrected chi connectivity index (χ4v) is 1.77. The minimum absolute atomic E-state index is 0.104. The van der Waals surface area contributed by atoms with E-state index in [4.69, 9.17) is 39.2 Å². The lowest BCUT2D eigenvalue weighted by Crippen LogP contribution is -2.44. The third kappa shape index (κ3) is 2.71. The molecule has 0 heterocycles. The highest BCUT2D eigenvalue weighted by Gasteiger charge is 2.38.